The first-order valence-electron chi connectivity index (χ1n) is 4.94. The smallest absolute Gasteiger partial charge is 0.151 e. The van der Waals surface area contributed by atoms with E-state index >= 15 is 0 Å². The van der Waals surface area contributed by atoms with Crippen molar-refractivity contribution in [3.63, 3.8) is 0 Å². The highest BCUT2D eigenvalue weighted by molar-refractivity contribution is 5.83. The Labute approximate surface area is 90.7 Å². The Hall–Kier alpha value is -1.59. The van der Waals surface area contributed by atoms with Gasteiger partial charge in [-0.1, -0.05) is 30.2 Å². The Balaban J connectivity index is 2.45. The van der Waals surface area contributed by atoms with E-state index in [-0.39, 0.29) is 5.78 Å². The van der Waals surface area contributed by atoms with Gasteiger partial charge < -0.3 is 0 Å². The van der Waals surface area contributed by atoms with Gasteiger partial charge in [0.15, 0.2) is 5.78 Å². The summed E-state index contributed by atoms with van der Waals surface area (Å²) in [5.74, 6) is 2.60. The fourth-order valence-corrected chi connectivity index (χ4v) is 1.36. The lowest BCUT2D eigenvalue weighted by molar-refractivity contribution is -0.117. The summed E-state index contributed by atoms with van der Waals surface area (Å²) in [5.41, 5.74) is 2.24. The molecule has 0 fully saturated rings. The van der Waals surface area contributed by atoms with E-state index in [9.17, 15) is 4.79 Å². The van der Waals surface area contributed by atoms with Crippen LogP contribution in [0.5, 0.6) is 0 Å². The molecule has 0 aliphatic carbocycles. The Morgan fingerprint density at radius 3 is 2.87 bits per heavy atom. The van der Waals surface area contributed by atoms with Crippen molar-refractivity contribution in [3.8, 4) is 12.3 Å². The molecule has 1 aromatic carbocycles. The van der Waals surface area contributed by atoms with Crippen LogP contribution < -0.4 is 5.32 Å². The van der Waals surface area contributed by atoms with Crippen molar-refractivity contribution in [1.82, 2.24) is 5.32 Å². The van der Waals surface area contributed by atoms with Crippen LogP contribution in [0.1, 0.15) is 11.1 Å². The molecule has 0 saturated carbocycles. The second kappa shape index (κ2) is 6.00. The number of carbonyl (C=O) groups excluding carboxylic acids is 1. The normalized spacial score (nSPS) is 9.60. The van der Waals surface area contributed by atoms with Gasteiger partial charge in [0.05, 0.1) is 13.1 Å². The minimum absolute atomic E-state index is 0.166. The summed E-state index contributed by atoms with van der Waals surface area (Å²) < 4.78 is 0. The van der Waals surface area contributed by atoms with Gasteiger partial charge in [-0.2, -0.15) is 0 Å². The molecule has 2 nitrogen and oxygen atoms in total. The summed E-state index contributed by atoms with van der Waals surface area (Å²) in [6, 6.07) is 7.91. The number of hydrogen-bond donors (Lipinski definition) is 1. The number of benzene rings is 1. The van der Waals surface area contributed by atoms with E-state index < -0.39 is 0 Å². The van der Waals surface area contributed by atoms with Crippen LogP contribution in [0.3, 0.4) is 0 Å². The maximum absolute atomic E-state index is 11.5. The molecule has 0 spiro atoms. The average molecular weight is 201 g/mol. The molecule has 78 valence electrons. The first-order valence-corrected chi connectivity index (χ1v) is 4.94. The van der Waals surface area contributed by atoms with E-state index in [1.165, 1.54) is 0 Å². The Kier molecular flexibility index (Phi) is 4.59. The third-order valence-corrected chi connectivity index (χ3v) is 2.20. The fourth-order valence-electron chi connectivity index (χ4n) is 1.36. The molecule has 0 aliphatic rings. The molecule has 0 aliphatic heterocycles. The molecule has 15 heavy (non-hydrogen) atoms. The van der Waals surface area contributed by atoms with Gasteiger partial charge in [-0.15, -0.1) is 6.42 Å². The molecule has 0 heterocycles. The van der Waals surface area contributed by atoms with Gasteiger partial charge in [-0.25, -0.2) is 0 Å². The van der Waals surface area contributed by atoms with Crippen molar-refractivity contribution in [3.05, 3.63) is 35.4 Å². The largest absolute Gasteiger partial charge is 0.299 e. The minimum Gasteiger partial charge on any atom is -0.299 e. The van der Waals surface area contributed by atoms with Gasteiger partial charge in [0.2, 0.25) is 0 Å². The standard InChI is InChI=1S/C13H15NO/c1-3-8-14-10-13(15)9-12-7-5-4-6-11(12)2/h1,4-7,14H,8-10H2,2H3. The van der Waals surface area contributed by atoms with Crippen molar-refractivity contribution >= 4 is 5.78 Å². The van der Waals surface area contributed by atoms with Crippen LogP contribution in [0, 0.1) is 19.3 Å². The lowest BCUT2D eigenvalue weighted by Gasteiger charge is -2.04. The van der Waals surface area contributed by atoms with Gasteiger partial charge in [0, 0.05) is 6.42 Å². The monoisotopic (exact) mass is 201 g/mol. The van der Waals surface area contributed by atoms with Gasteiger partial charge in [0.1, 0.15) is 0 Å². The maximum atomic E-state index is 11.5. The number of terminal acetylenes is 1. The highest BCUT2D eigenvalue weighted by Crippen LogP contribution is 2.07. The lowest BCUT2D eigenvalue weighted by atomic mass is 10.0. The van der Waals surface area contributed by atoms with Crippen LogP contribution in [-0.2, 0) is 11.2 Å². The highest BCUT2D eigenvalue weighted by Gasteiger charge is 2.04. The molecule has 0 saturated heterocycles. The number of ketones is 1. The summed E-state index contributed by atoms with van der Waals surface area (Å²) in [7, 11) is 0. The molecule has 0 atom stereocenters. The zero-order valence-electron chi connectivity index (χ0n) is 8.92. The zero-order chi connectivity index (χ0) is 11.1. The molecule has 0 amide bonds. The van der Waals surface area contributed by atoms with Crippen molar-refractivity contribution in [1.29, 1.82) is 0 Å². The Bertz CT molecular complexity index is 376. The van der Waals surface area contributed by atoms with E-state index in [0.29, 0.717) is 19.5 Å². The topological polar surface area (TPSA) is 29.1 Å². The maximum Gasteiger partial charge on any atom is 0.151 e. The third kappa shape index (κ3) is 3.97. The summed E-state index contributed by atoms with van der Waals surface area (Å²) in [4.78, 5) is 11.5. The van der Waals surface area contributed by atoms with Crippen molar-refractivity contribution in [2.24, 2.45) is 0 Å². The molecule has 0 unspecified atom stereocenters. The van der Waals surface area contributed by atoms with Crippen LogP contribution >= 0.6 is 0 Å². The van der Waals surface area contributed by atoms with Gasteiger partial charge >= 0.3 is 0 Å². The zero-order valence-corrected chi connectivity index (χ0v) is 8.92. The summed E-state index contributed by atoms with van der Waals surface area (Å²) in [6.45, 7) is 2.80. The molecule has 1 rings (SSSR count). The van der Waals surface area contributed by atoms with Crippen molar-refractivity contribution in [2.45, 2.75) is 13.3 Å². The van der Waals surface area contributed by atoms with E-state index in [1.807, 2.05) is 31.2 Å². The van der Waals surface area contributed by atoms with Gasteiger partial charge in [-0.3, -0.25) is 10.1 Å². The van der Waals surface area contributed by atoms with Gasteiger partial charge in [-0.05, 0) is 18.1 Å². The van der Waals surface area contributed by atoms with Crippen molar-refractivity contribution in [2.75, 3.05) is 13.1 Å². The number of rotatable bonds is 5. The van der Waals surface area contributed by atoms with E-state index in [2.05, 4.69) is 11.2 Å². The predicted octanol–water partition coefficient (Wildman–Crippen LogP) is 1.33. The number of carbonyl (C=O) groups is 1. The summed E-state index contributed by atoms with van der Waals surface area (Å²) in [6.07, 6.45) is 5.54. The molecule has 0 aromatic heterocycles. The van der Waals surface area contributed by atoms with E-state index in [4.69, 9.17) is 6.42 Å². The third-order valence-electron chi connectivity index (χ3n) is 2.20. The SMILES string of the molecule is C#CCNCC(=O)Cc1ccccc1C. The molecule has 0 radical (unpaired) electrons. The minimum atomic E-state index is 0.166. The molecular formula is C13H15NO. The highest BCUT2D eigenvalue weighted by atomic mass is 16.1. The average Bonchev–Trinajstić information content (AvgIpc) is 2.22. The Morgan fingerprint density at radius 2 is 2.20 bits per heavy atom. The predicted molar refractivity (Wildman–Crippen MR) is 61.6 cm³/mol. The van der Waals surface area contributed by atoms with Crippen molar-refractivity contribution < 1.29 is 4.79 Å². The number of hydrogen-bond acceptors (Lipinski definition) is 2. The van der Waals surface area contributed by atoms with Crippen LogP contribution in [0.25, 0.3) is 0 Å². The van der Waals surface area contributed by atoms with Gasteiger partial charge in [0.25, 0.3) is 0 Å². The second-order valence-electron chi connectivity index (χ2n) is 3.45. The van der Waals surface area contributed by atoms with Crippen LogP contribution in [0.15, 0.2) is 24.3 Å². The molecular weight excluding hydrogens is 186 g/mol. The van der Waals surface area contributed by atoms with Crippen LogP contribution in [-0.4, -0.2) is 18.9 Å². The first-order chi connectivity index (χ1) is 7.24. The van der Waals surface area contributed by atoms with Crippen LogP contribution in [0.4, 0.5) is 0 Å². The number of aryl methyl sites for hydroxylation is 1. The fraction of sp³-hybridized carbons (Fsp3) is 0.308. The van der Waals surface area contributed by atoms with Crippen LogP contribution in [0.2, 0.25) is 0 Å². The number of nitrogens with one attached hydrogen (secondary N) is 1. The molecule has 1 aromatic rings. The summed E-state index contributed by atoms with van der Waals surface area (Å²) >= 11 is 0. The lowest BCUT2D eigenvalue weighted by Crippen LogP contribution is -2.24. The first kappa shape index (κ1) is 11.5. The number of Topliss-reactive ketones (excluding diaryl/α,β-unsaturated/α-hetero) is 1. The van der Waals surface area contributed by atoms with E-state index in [1.54, 1.807) is 0 Å². The van der Waals surface area contributed by atoms with E-state index in [0.717, 1.165) is 11.1 Å². The molecule has 1 N–H and O–H groups in total. The second-order valence-corrected chi connectivity index (χ2v) is 3.45. The molecule has 0 bridgehead atoms. The quantitative estimate of drug-likeness (QED) is 0.575. The Morgan fingerprint density at radius 1 is 1.47 bits per heavy atom. The molecule has 2 heteroatoms. The summed E-state index contributed by atoms with van der Waals surface area (Å²) in [5, 5.41) is 2.89.